The summed E-state index contributed by atoms with van der Waals surface area (Å²) in [5.74, 6) is 0.691. The Kier molecular flexibility index (Phi) is 6.16. The zero-order valence-corrected chi connectivity index (χ0v) is 14.5. The van der Waals surface area contributed by atoms with Crippen LogP contribution >= 0.6 is 0 Å². The molecular formula is C15H24N6O5. The molecule has 1 saturated heterocycles. The lowest BCUT2D eigenvalue weighted by Gasteiger charge is -2.16. The Labute approximate surface area is 150 Å². The van der Waals surface area contributed by atoms with Crippen molar-refractivity contribution in [2.75, 3.05) is 44.0 Å². The van der Waals surface area contributed by atoms with Gasteiger partial charge in [0.2, 0.25) is 5.95 Å². The molecule has 2 aromatic heterocycles. The lowest BCUT2D eigenvalue weighted by molar-refractivity contribution is -0.140. The highest BCUT2D eigenvalue weighted by Crippen LogP contribution is 2.33. The maximum Gasteiger partial charge on any atom is 0.207 e. The van der Waals surface area contributed by atoms with Gasteiger partial charge in [0.25, 0.3) is 0 Å². The molecule has 0 aliphatic carbocycles. The summed E-state index contributed by atoms with van der Waals surface area (Å²) >= 11 is 0. The van der Waals surface area contributed by atoms with E-state index in [9.17, 15) is 10.2 Å². The number of hydrogen-bond donors (Lipinski definition) is 4. The second-order valence-corrected chi connectivity index (χ2v) is 5.76. The van der Waals surface area contributed by atoms with Crippen molar-refractivity contribution < 1.29 is 24.4 Å². The van der Waals surface area contributed by atoms with E-state index in [-0.39, 0.29) is 12.2 Å². The SMILES string of the molecule is CCOCCOCCNc1nc2c(N)ncnc2n1C1CC(O)C(O)O1. The van der Waals surface area contributed by atoms with Crippen LogP contribution in [0.5, 0.6) is 0 Å². The molecule has 1 aliphatic heterocycles. The van der Waals surface area contributed by atoms with Gasteiger partial charge in [0, 0.05) is 19.6 Å². The number of aromatic nitrogens is 4. The maximum absolute atomic E-state index is 9.78. The van der Waals surface area contributed by atoms with E-state index in [0.717, 1.165) is 0 Å². The Bertz CT molecular complexity index is 716. The Balaban J connectivity index is 1.72. The van der Waals surface area contributed by atoms with Gasteiger partial charge < -0.3 is 35.5 Å². The fourth-order valence-corrected chi connectivity index (χ4v) is 2.72. The quantitative estimate of drug-likeness (QED) is 0.425. The molecule has 1 fully saturated rings. The van der Waals surface area contributed by atoms with Gasteiger partial charge in [-0.15, -0.1) is 0 Å². The molecule has 3 heterocycles. The van der Waals surface area contributed by atoms with Crippen molar-refractivity contribution in [2.45, 2.75) is 32.0 Å². The van der Waals surface area contributed by atoms with Gasteiger partial charge in [0.1, 0.15) is 18.7 Å². The van der Waals surface area contributed by atoms with Gasteiger partial charge in [-0.05, 0) is 6.92 Å². The number of nitrogens with zero attached hydrogens (tertiary/aromatic N) is 4. The van der Waals surface area contributed by atoms with Crippen LogP contribution in [0.2, 0.25) is 0 Å². The average Bonchev–Trinajstić information content (AvgIpc) is 3.15. The number of nitrogen functional groups attached to an aromatic ring is 1. The molecule has 11 nitrogen and oxygen atoms in total. The molecule has 144 valence electrons. The molecule has 0 radical (unpaired) electrons. The summed E-state index contributed by atoms with van der Waals surface area (Å²) in [6.45, 7) is 4.59. The zero-order chi connectivity index (χ0) is 18.5. The Morgan fingerprint density at radius 3 is 2.85 bits per heavy atom. The highest BCUT2D eigenvalue weighted by molar-refractivity contribution is 5.84. The van der Waals surface area contributed by atoms with Crippen molar-refractivity contribution >= 4 is 22.9 Å². The second-order valence-electron chi connectivity index (χ2n) is 5.76. The molecule has 3 rings (SSSR count). The third kappa shape index (κ3) is 4.02. The van der Waals surface area contributed by atoms with Crippen molar-refractivity contribution in [3.63, 3.8) is 0 Å². The van der Waals surface area contributed by atoms with Crippen LogP contribution < -0.4 is 11.1 Å². The summed E-state index contributed by atoms with van der Waals surface area (Å²) in [5.41, 5.74) is 6.77. The van der Waals surface area contributed by atoms with Crippen molar-refractivity contribution in [1.29, 1.82) is 0 Å². The number of nitrogens with two attached hydrogens (primary N) is 1. The first-order valence-electron chi connectivity index (χ1n) is 8.51. The number of aliphatic hydroxyl groups excluding tert-OH is 2. The topological polar surface area (TPSA) is 150 Å². The van der Waals surface area contributed by atoms with Crippen LogP contribution in [0.4, 0.5) is 11.8 Å². The Morgan fingerprint density at radius 1 is 1.31 bits per heavy atom. The third-order valence-electron chi connectivity index (χ3n) is 3.97. The smallest absolute Gasteiger partial charge is 0.207 e. The molecule has 26 heavy (non-hydrogen) atoms. The van der Waals surface area contributed by atoms with Crippen LogP contribution in [0.25, 0.3) is 11.2 Å². The lowest BCUT2D eigenvalue weighted by Crippen LogP contribution is -2.19. The van der Waals surface area contributed by atoms with E-state index in [1.54, 1.807) is 4.57 Å². The molecule has 2 aromatic rings. The molecule has 11 heteroatoms. The van der Waals surface area contributed by atoms with E-state index >= 15 is 0 Å². The largest absolute Gasteiger partial charge is 0.388 e. The van der Waals surface area contributed by atoms with Gasteiger partial charge in [-0.25, -0.2) is 15.0 Å². The highest BCUT2D eigenvalue weighted by Gasteiger charge is 2.36. The van der Waals surface area contributed by atoms with Crippen LogP contribution in [0.3, 0.4) is 0 Å². The summed E-state index contributed by atoms with van der Waals surface area (Å²) in [7, 11) is 0. The predicted molar refractivity (Wildman–Crippen MR) is 92.3 cm³/mol. The van der Waals surface area contributed by atoms with Crippen LogP contribution in [-0.4, -0.2) is 75.1 Å². The van der Waals surface area contributed by atoms with Crippen LogP contribution in [0, 0.1) is 0 Å². The van der Waals surface area contributed by atoms with E-state index in [4.69, 9.17) is 19.9 Å². The van der Waals surface area contributed by atoms with Gasteiger partial charge in [0.05, 0.1) is 19.8 Å². The first-order chi connectivity index (χ1) is 12.6. The van der Waals surface area contributed by atoms with Gasteiger partial charge in [-0.2, -0.15) is 0 Å². The Morgan fingerprint density at radius 2 is 2.12 bits per heavy atom. The first kappa shape index (κ1) is 18.7. The number of anilines is 2. The summed E-state index contributed by atoms with van der Waals surface area (Å²) in [6, 6.07) is 0. The summed E-state index contributed by atoms with van der Waals surface area (Å²) in [6.07, 6.45) is -1.33. The van der Waals surface area contributed by atoms with Gasteiger partial charge >= 0.3 is 0 Å². The van der Waals surface area contributed by atoms with Crippen LogP contribution in [0.15, 0.2) is 6.33 Å². The molecule has 0 bridgehead atoms. The van der Waals surface area contributed by atoms with E-state index in [0.29, 0.717) is 50.1 Å². The summed E-state index contributed by atoms with van der Waals surface area (Å²) in [4.78, 5) is 12.6. The van der Waals surface area contributed by atoms with Crippen LogP contribution in [0.1, 0.15) is 19.6 Å². The first-order valence-corrected chi connectivity index (χ1v) is 8.51. The van der Waals surface area contributed by atoms with Crippen molar-refractivity contribution in [1.82, 2.24) is 19.5 Å². The van der Waals surface area contributed by atoms with Gasteiger partial charge in [0.15, 0.2) is 23.3 Å². The molecule has 0 amide bonds. The fourth-order valence-electron chi connectivity index (χ4n) is 2.72. The van der Waals surface area contributed by atoms with Gasteiger partial charge in [-0.1, -0.05) is 0 Å². The van der Waals surface area contributed by atoms with E-state index in [1.807, 2.05) is 6.92 Å². The minimum Gasteiger partial charge on any atom is -0.388 e. The molecule has 3 atom stereocenters. The van der Waals surface area contributed by atoms with Gasteiger partial charge in [-0.3, -0.25) is 4.57 Å². The standard InChI is InChI=1S/C15H24N6O5/c1-2-24-5-6-25-4-3-17-15-20-11-12(16)18-8-19-13(11)21(15)10-7-9(22)14(23)26-10/h8-10,14,22-23H,2-7H2,1H3,(H,17,20)(H2,16,18,19). The molecule has 3 unspecified atom stereocenters. The Hall–Kier alpha value is -2.05. The molecule has 0 saturated carbocycles. The van der Waals surface area contributed by atoms with E-state index in [2.05, 4.69) is 20.3 Å². The average molecular weight is 368 g/mol. The monoisotopic (exact) mass is 368 g/mol. The number of ether oxygens (including phenoxy) is 3. The van der Waals surface area contributed by atoms with E-state index < -0.39 is 18.6 Å². The number of nitrogens with one attached hydrogen (secondary N) is 1. The number of imidazole rings is 1. The number of fused-ring (bicyclic) bond motifs is 1. The van der Waals surface area contributed by atoms with Crippen LogP contribution in [-0.2, 0) is 14.2 Å². The van der Waals surface area contributed by atoms with Crippen molar-refractivity contribution in [2.24, 2.45) is 0 Å². The third-order valence-corrected chi connectivity index (χ3v) is 3.97. The predicted octanol–water partition coefficient (Wildman–Crippen LogP) is -0.528. The molecule has 0 aromatic carbocycles. The molecular weight excluding hydrogens is 344 g/mol. The maximum atomic E-state index is 9.78. The molecule has 5 N–H and O–H groups in total. The minimum absolute atomic E-state index is 0.204. The summed E-state index contributed by atoms with van der Waals surface area (Å²) < 4.78 is 17.7. The summed E-state index contributed by atoms with van der Waals surface area (Å²) in [5, 5.41) is 22.6. The number of rotatable bonds is 9. The second kappa shape index (κ2) is 8.56. The highest BCUT2D eigenvalue weighted by atomic mass is 16.6. The number of aliphatic hydroxyl groups is 2. The normalized spacial score (nSPS) is 23.0. The van der Waals surface area contributed by atoms with Crippen molar-refractivity contribution in [3.05, 3.63) is 6.33 Å². The lowest BCUT2D eigenvalue weighted by atomic mass is 10.2. The van der Waals surface area contributed by atoms with Crippen molar-refractivity contribution in [3.8, 4) is 0 Å². The van der Waals surface area contributed by atoms with E-state index in [1.165, 1.54) is 6.33 Å². The molecule has 0 spiro atoms. The zero-order valence-electron chi connectivity index (χ0n) is 14.5. The number of hydrogen-bond acceptors (Lipinski definition) is 10. The molecule has 1 aliphatic rings. The minimum atomic E-state index is -1.26. The fraction of sp³-hybridized carbons (Fsp3) is 0.667.